The SMILES string of the molecule is c1ccc(-c2nc(-c3ccc4c(c3)C3c5ccccc5C4c4cc(-c5nc(-c6ccccc6)nc(-c6ccccc6-c6ccc7ncccc7c6)n5)ccc43)nc(-c3ccccc3-c3ccc4ncccc4c3)n2)cc1. The maximum absolute atomic E-state index is 5.33. The van der Waals surface area contributed by atoms with E-state index < -0.39 is 0 Å². The summed E-state index contributed by atoms with van der Waals surface area (Å²) in [6.45, 7) is 0. The lowest BCUT2D eigenvalue weighted by molar-refractivity contribution is 0.754. The second-order valence-corrected chi connectivity index (χ2v) is 19.4. The van der Waals surface area contributed by atoms with E-state index in [0.717, 1.165) is 77.4 Å². The highest BCUT2D eigenvalue weighted by atomic mass is 15.0. The van der Waals surface area contributed by atoms with Crippen LogP contribution in [0.3, 0.4) is 0 Å². The fourth-order valence-corrected chi connectivity index (χ4v) is 11.5. The first kappa shape index (κ1) is 43.4. The van der Waals surface area contributed by atoms with Gasteiger partial charge >= 0.3 is 0 Å². The molecule has 0 aliphatic heterocycles. The van der Waals surface area contributed by atoms with E-state index in [9.17, 15) is 0 Å². The lowest BCUT2D eigenvalue weighted by Crippen LogP contribution is -2.27. The zero-order chi connectivity index (χ0) is 50.1. The number of benzene rings is 9. The van der Waals surface area contributed by atoms with Crippen LogP contribution in [-0.2, 0) is 0 Å². The molecule has 0 radical (unpaired) electrons. The Kier molecular flexibility index (Phi) is 10.2. The van der Waals surface area contributed by atoms with Crippen LogP contribution in [0.4, 0.5) is 0 Å². The second kappa shape index (κ2) is 17.8. The van der Waals surface area contributed by atoms with Crippen LogP contribution < -0.4 is 0 Å². The van der Waals surface area contributed by atoms with Gasteiger partial charge in [-0.15, -0.1) is 0 Å². The monoisotopic (exact) mass is 970 g/mol. The summed E-state index contributed by atoms with van der Waals surface area (Å²) in [5, 5.41) is 2.15. The standard InChI is InChI=1S/C68H42N8/c1-3-15-41(16-4-1)63-71-65(75-67(73-63)55-25-11-7-21-49(55)43-29-33-59-45(37-43)19-13-35-69-59)47-27-31-53-57(39-47)61-51-23-9-10-24-52(51)62(53)58-40-48(28-32-54(58)61)66-72-64(42-17-5-2-6-18-42)74-68(76-66)56-26-12-8-22-50(56)44-30-34-60-46(38-44)20-14-36-70-60/h1-40,61-62H. The van der Waals surface area contributed by atoms with Gasteiger partial charge in [-0.1, -0.05) is 182 Å². The fourth-order valence-electron chi connectivity index (χ4n) is 11.5. The minimum absolute atomic E-state index is 0.0175. The molecule has 0 spiro atoms. The van der Waals surface area contributed by atoms with Crippen LogP contribution in [0.2, 0.25) is 0 Å². The highest BCUT2D eigenvalue weighted by Gasteiger charge is 2.41. The predicted octanol–water partition coefficient (Wildman–Crippen LogP) is 15.5. The maximum atomic E-state index is 5.33. The first-order valence-corrected chi connectivity index (χ1v) is 25.5. The quantitative estimate of drug-likeness (QED) is 0.148. The highest BCUT2D eigenvalue weighted by Crippen LogP contribution is 2.56. The molecule has 8 nitrogen and oxygen atoms in total. The van der Waals surface area contributed by atoms with Crippen molar-refractivity contribution in [3.8, 4) is 90.6 Å². The molecule has 354 valence electrons. The van der Waals surface area contributed by atoms with Crippen LogP contribution in [0.15, 0.2) is 243 Å². The molecule has 16 rings (SSSR count). The van der Waals surface area contributed by atoms with Gasteiger partial charge in [0.15, 0.2) is 34.9 Å². The van der Waals surface area contributed by atoms with Crippen molar-refractivity contribution in [2.24, 2.45) is 0 Å². The van der Waals surface area contributed by atoms with Crippen LogP contribution in [0.25, 0.3) is 112 Å². The summed E-state index contributed by atoms with van der Waals surface area (Å²) in [5.41, 5.74) is 19.3. The number of rotatable bonds is 8. The summed E-state index contributed by atoms with van der Waals surface area (Å²) in [5.74, 6) is 3.66. The van der Waals surface area contributed by atoms with Gasteiger partial charge in [-0.25, -0.2) is 29.9 Å². The van der Waals surface area contributed by atoms with Crippen molar-refractivity contribution in [2.45, 2.75) is 11.8 Å². The molecular formula is C68H42N8. The number of hydrogen-bond acceptors (Lipinski definition) is 8. The third-order valence-electron chi connectivity index (χ3n) is 15.1. The van der Waals surface area contributed by atoms with Crippen LogP contribution >= 0.6 is 0 Å². The summed E-state index contributed by atoms with van der Waals surface area (Å²) in [6.07, 6.45) is 3.66. The summed E-state index contributed by atoms with van der Waals surface area (Å²) in [6, 6.07) is 80.6. The van der Waals surface area contributed by atoms with Crippen molar-refractivity contribution in [1.29, 1.82) is 0 Å². The number of hydrogen-bond donors (Lipinski definition) is 0. The molecule has 4 aromatic heterocycles. The van der Waals surface area contributed by atoms with Gasteiger partial charge in [-0.3, -0.25) is 9.97 Å². The van der Waals surface area contributed by atoms with Crippen LogP contribution in [0, 0.1) is 0 Å². The summed E-state index contributed by atoms with van der Waals surface area (Å²) in [7, 11) is 0. The molecule has 0 saturated carbocycles. The first-order chi connectivity index (χ1) is 37.6. The smallest absolute Gasteiger partial charge is 0.164 e. The van der Waals surface area contributed by atoms with Gasteiger partial charge < -0.3 is 0 Å². The van der Waals surface area contributed by atoms with Crippen molar-refractivity contribution in [2.75, 3.05) is 0 Å². The van der Waals surface area contributed by atoms with Crippen molar-refractivity contribution in [3.63, 3.8) is 0 Å². The largest absolute Gasteiger partial charge is 0.256 e. The van der Waals surface area contributed by atoms with E-state index in [1.807, 2.05) is 60.9 Å². The predicted molar refractivity (Wildman–Crippen MR) is 302 cm³/mol. The maximum Gasteiger partial charge on any atom is 0.164 e. The molecule has 0 amide bonds. The van der Waals surface area contributed by atoms with Crippen molar-refractivity contribution >= 4 is 21.8 Å². The Labute approximate surface area is 438 Å². The highest BCUT2D eigenvalue weighted by molar-refractivity contribution is 5.91. The average molecular weight is 971 g/mol. The van der Waals surface area contributed by atoms with Gasteiger partial charge in [-0.05, 0) is 104 Å². The fraction of sp³-hybridized carbons (Fsp3) is 0.0294. The summed E-state index contributed by atoms with van der Waals surface area (Å²) < 4.78 is 0. The lowest BCUT2D eigenvalue weighted by Gasteiger charge is -2.42. The molecular weight excluding hydrogens is 929 g/mol. The molecule has 2 atom stereocenters. The summed E-state index contributed by atoms with van der Waals surface area (Å²) >= 11 is 0. The van der Waals surface area contributed by atoms with Gasteiger partial charge in [-0.2, -0.15) is 0 Å². The molecule has 2 unspecified atom stereocenters. The van der Waals surface area contributed by atoms with Crippen molar-refractivity contribution in [3.05, 3.63) is 276 Å². The molecule has 0 saturated heterocycles. The van der Waals surface area contributed by atoms with Gasteiger partial charge in [0.1, 0.15) is 0 Å². The molecule has 76 heavy (non-hydrogen) atoms. The molecule has 0 N–H and O–H groups in total. The van der Waals surface area contributed by atoms with E-state index in [2.05, 4.69) is 192 Å². The minimum Gasteiger partial charge on any atom is -0.256 e. The molecule has 13 aromatic rings. The molecule has 3 aliphatic rings. The van der Waals surface area contributed by atoms with Crippen molar-refractivity contribution < 1.29 is 0 Å². The molecule has 2 bridgehead atoms. The zero-order valence-corrected chi connectivity index (χ0v) is 40.8. The molecule has 3 aliphatic carbocycles. The average Bonchev–Trinajstić information content (AvgIpc) is 3.55. The van der Waals surface area contributed by atoms with E-state index in [1.165, 1.54) is 33.4 Å². The second-order valence-electron chi connectivity index (χ2n) is 19.4. The third kappa shape index (κ3) is 7.37. The van der Waals surface area contributed by atoms with Gasteiger partial charge in [0, 0.05) is 68.4 Å². The Balaban J connectivity index is 0.850. The Bertz CT molecular complexity index is 4160. The van der Waals surface area contributed by atoms with Crippen molar-refractivity contribution in [1.82, 2.24) is 39.9 Å². The summed E-state index contributed by atoms with van der Waals surface area (Å²) in [4.78, 5) is 40.6. The Morgan fingerprint density at radius 1 is 0.224 bits per heavy atom. The Hall–Kier alpha value is -10.2. The van der Waals surface area contributed by atoms with E-state index >= 15 is 0 Å². The zero-order valence-electron chi connectivity index (χ0n) is 40.8. The van der Waals surface area contributed by atoms with E-state index in [1.54, 1.807) is 0 Å². The van der Waals surface area contributed by atoms with Crippen LogP contribution in [0.1, 0.15) is 45.2 Å². The Morgan fingerprint density at radius 3 is 1.03 bits per heavy atom. The Morgan fingerprint density at radius 2 is 0.579 bits per heavy atom. The first-order valence-electron chi connectivity index (χ1n) is 25.5. The van der Waals surface area contributed by atoms with E-state index in [4.69, 9.17) is 29.9 Å². The molecule has 4 heterocycles. The van der Waals surface area contributed by atoms with Crippen LogP contribution in [-0.4, -0.2) is 39.9 Å². The van der Waals surface area contributed by atoms with Gasteiger partial charge in [0.25, 0.3) is 0 Å². The lowest BCUT2D eigenvalue weighted by atomic mass is 9.61. The number of nitrogens with zero attached hydrogens (tertiary/aromatic N) is 8. The van der Waals surface area contributed by atoms with Crippen LogP contribution in [0.5, 0.6) is 0 Å². The topological polar surface area (TPSA) is 103 Å². The van der Waals surface area contributed by atoms with E-state index in [0.29, 0.717) is 34.9 Å². The number of aromatic nitrogens is 8. The molecule has 8 heteroatoms. The van der Waals surface area contributed by atoms with E-state index in [-0.39, 0.29) is 11.8 Å². The molecule has 9 aromatic carbocycles. The third-order valence-corrected chi connectivity index (χ3v) is 15.1. The molecule has 0 fully saturated rings. The minimum atomic E-state index is -0.0175. The normalized spacial score (nSPS) is 14.1. The number of pyridine rings is 2. The number of fused-ring (bicyclic) bond motifs is 2. The van der Waals surface area contributed by atoms with Gasteiger partial charge in [0.05, 0.1) is 11.0 Å². The van der Waals surface area contributed by atoms with Gasteiger partial charge in [0.2, 0.25) is 0 Å².